The zero-order valence-corrected chi connectivity index (χ0v) is 16.3. The number of carbonyl (C=O) groups excluding carboxylic acids is 2. The first kappa shape index (κ1) is 18.7. The average Bonchev–Trinajstić information content (AvgIpc) is 2.54. The molecule has 0 radical (unpaired) electrons. The average molecular weight is 457 g/mol. The van der Waals surface area contributed by atoms with E-state index in [1.54, 1.807) is 36.4 Å². The monoisotopic (exact) mass is 456 g/mol. The van der Waals surface area contributed by atoms with E-state index in [-0.39, 0.29) is 11.8 Å². The summed E-state index contributed by atoms with van der Waals surface area (Å²) >= 11 is 7.97. The van der Waals surface area contributed by atoms with Crippen LogP contribution < -0.4 is 10.6 Å². The predicted octanol–water partition coefficient (Wildman–Crippen LogP) is 4.58. The largest absolute Gasteiger partial charge is 0.352 e. The van der Waals surface area contributed by atoms with Gasteiger partial charge in [0.2, 0.25) is 0 Å². The molecule has 0 unspecified atom stereocenters. The topological polar surface area (TPSA) is 58.2 Å². The highest BCUT2D eigenvalue weighted by atomic mass is 127. The van der Waals surface area contributed by atoms with Gasteiger partial charge in [0, 0.05) is 20.7 Å². The van der Waals surface area contributed by atoms with Crippen molar-refractivity contribution in [1.29, 1.82) is 0 Å². The molecule has 0 aromatic heterocycles. The number of amides is 2. The van der Waals surface area contributed by atoms with Crippen LogP contribution in [0.1, 0.15) is 34.6 Å². The van der Waals surface area contributed by atoms with Crippen LogP contribution in [0.4, 0.5) is 5.69 Å². The lowest BCUT2D eigenvalue weighted by Gasteiger charge is -2.13. The molecule has 2 aromatic rings. The summed E-state index contributed by atoms with van der Waals surface area (Å²) in [6.07, 6.45) is 0. The highest BCUT2D eigenvalue weighted by molar-refractivity contribution is 14.1. The molecule has 0 saturated carbocycles. The van der Waals surface area contributed by atoms with Crippen molar-refractivity contribution in [3.05, 3.63) is 62.2 Å². The highest BCUT2D eigenvalue weighted by Crippen LogP contribution is 2.20. The Morgan fingerprint density at radius 3 is 2.38 bits per heavy atom. The molecule has 0 heterocycles. The van der Waals surface area contributed by atoms with Crippen molar-refractivity contribution < 1.29 is 9.59 Å². The van der Waals surface area contributed by atoms with Gasteiger partial charge in [-0.25, -0.2) is 0 Å². The number of halogens is 2. The van der Waals surface area contributed by atoms with Crippen LogP contribution in [0.5, 0.6) is 0 Å². The first-order chi connectivity index (χ1) is 11.4. The molecule has 0 aliphatic carbocycles. The van der Waals surface area contributed by atoms with E-state index in [9.17, 15) is 9.59 Å². The number of hydrogen-bond acceptors (Lipinski definition) is 2. The maximum atomic E-state index is 12.4. The third kappa shape index (κ3) is 5.21. The molecule has 2 N–H and O–H groups in total. The van der Waals surface area contributed by atoms with Crippen LogP contribution in [0.3, 0.4) is 0 Å². The molecule has 0 bridgehead atoms. The van der Waals surface area contributed by atoms with Crippen molar-refractivity contribution in [3.8, 4) is 0 Å². The van der Waals surface area contributed by atoms with Gasteiger partial charge in [0.15, 0.2) is 0 Å². The second kappa shape index (κ2) is 8.48. The lowest BCUT2D eigenvalue weighted by atomic mass is 10.1. The fourth-order valence-electron chi connectivity index (χ4n) is 2.00. The molecule has 0 atom stereocenters. The Kier molecular flexibility index (Phi) is 6.62. The number of benzene rings is 2. The molecule has 0 saturated heterocycles. The van der Waals surface area contributed by atoms with Crippen molar-refractivity contribution in [2.45, 2.75) is 13.8 Å². The summed E-state index contributed by atoms with van der Waals surface area (Å²) in [5.74, 6) is -0.136. The van der Waals surface area contributed by atoms with Gasteiger partial charge in [-0.15, -0.1) is 0 Å². The van der Waals surface area contributed by atoms with Gasteiger partial charge in [0.05, 0.1) is 11.3 Å². The first-order valence-electron chi connectivity index (χ1n) is 7.51. The molecule has 2 rings (SSSR count). The Hall–Kier alpha value is -1.60. The maximum absolute atomic E-state index is 12.4. The standard InChI is InChI=1S/C18H18ClIN2O2/c1-11(2)10-21-18(24)15-9-14(20)7-8-16(15)22-17(23)12-3-5-13(19)6-4-12/h3-9,11H,10H2,1-2H3,(H,21,24)(H,22,23). The Balaban J connectivity index is 2.21. The molecule has 126 valence electrons. The molecule has 2 amide bonds. The van der Waals surface area contributed by atoms with E-state index >= 15 is 0 Å². The molecule has 0 fully saturated rings. The van der Waals surface area contributed by atoms with Gasteiger partial charge in [0.25, 0.3) is 11.8 Å². The molecule has 24 heavy (non-hydrogen) atoms. The normalized spacial score (nSPS) is 10.5. The molecule has 6 heteroatoms. The van der Waals surface area contributed by atoms with Crippen molar-refractivity contribution >= 4 is 51.7 Å². The summed E-state index contributed by atoms with van der Waals surface area (Å²) in [6.45, 7) is 4.63. The van der Waals surface area contributed by atoms with Gasteiger partial charge < -0.3 is 10.6 Å². The van der Waals surface area contributed by atoms with Gasteiger partial charge in [-0.05, 0) is 71.0 Å². The number of carbonyl (C=O) groups is 2. The Morgan fingerprint density at radius 1 is 1.08 bits per heavy atom. The smallest absolute Gasteiger partial charge is 0.255 e. The minimum atomic E-state index is -0.286. The number of rotatable bonds is 5. The summed E-state index contributed by atoms with van der Waals surface area (Å²) in [4.78, 5) is 24.8. The molecular formula is C18H18ClIN2O2. The van der Waals surface area contributed by atoms with Crippen molar-refractivity contribution in [1.82, 2.24) is 5.32 Å². The third-order valence-corrected chi connectivity index (χ3v) is 4.17. The van der Waals surface area contributed by atoms with E-state index in [0.717, 1.165) is 3.57 Å². The molecule has 0 aliphatic rings. The van der Waals surface area contributed by atoms with Gasteiger partial charge in [-0.2, -0.15) is 0 Å². The summed E-state index contributed by atoms with van der Waals surface area (Å²) in [7, 11) is 0. The number of hydrogen-bond donors (Lipinski definition) is 2. The quantitative estimate of drug-likeness (QED) is 0.647. The van der Waals surface area contributed by atoms with Crippen LogP contribution in [0.25, 0.3) is 0 Å². The minimum Gasteiger partial charge on any atom is -0.352 e. The molecule has 0 spiro atoms. The van der Waals surface area contributed by atoms with E-state index in [0.29, 0.717) is 34.3 Å². The fraction of sp³-hybridized carbons (Fsp3) is 0.222. The van der Waals surface area contributed by atoms with Gasteiger partial charge in [-0.3, -0.25) is 9.59 Å². The summed E-state index contributed by atoms with van der Waals surface area (Å²) in [6, 6.07) is 11.9. The Labute approximate surface area is 160 Å². The van der Waals surface area contributed by atoms with Crippen LogP contribution in [0.15, 0.2) is 42.5 Å². The minimum absolute atomic E-state index is 0.200. The van der Waals surface area contributed by atoms with Crippen LogP contribution in [-0.2, 0) is 0 Å². The molecular weight excluding hydrogens is 439 g/mol. The number of nitrogens with one attached hydrogen (secondary N) is 2. The summed E-state index contributed by atoms with van der Waals surface area (Å²) in [5, 5.41) is 6.24. The van der Waals surface area contributed by atoms with E-state index in [1.807, 2.05) is 19.9 Å². The first-order valence-corrected chi connectivity index (χ1v) is 8.97. The fourth-order valence-corrected chi connectivity index (χ4v) is 2.62. The second-order valence-electron chi connectivity index (χ2n) is 5.75. The van der Waals surface area contributed by atoms with E-state index in [1.165, 1.54) is 0 Å². The second-order valence-corrected chi connectivity index (χ2v) is 7.44. The van der Waals surface area contributed by atoms with Crippen LogP contribution in [0, 0.1) is 9.49 Å². The van der Waals surface area contributed by atoms with E-state index in [2.05, 4.69) is 33.2 Å². The third-order valence-electron chi connectivity index (χ3n) is 3.25. The van der Waals surface area contributed by atoms with E-state index < -0.39 is 0 Å². The van der Waals surface area contributed by atoms with Gasteiger partial charge >= 0.3 is 0 Å². The zero-order valence-electron chi connectivity index (χ0n) is 13.4. The van der Waals surface area contributed by atoms with Crippen LogP contribution in [0.2, 0.25) is 5.02 Å². The predicted molar refractivity (Wildman–Crippen MR) is 106 cm³/mol. The van der Waals surface area contributed by atoms with Crippen molar-refractivity contribution in [2.24, 2.45) is 5.92 Å². The molecule has 0 aliphatic heterocycles. The van der Waals surface area contributed by atoms with Gasteiger partial charge in [-0.1, -0.05) is 25.4 Å². The van der Waals surface area contributed by atoms with Crippen LogP contribution >= 0.6 is 34.2 Å². The highest BCUT2D eigenvalue weighted by Gasteiger charge is 2.15. The maximum Gasteiger partial charge on any atom is 0.255 e. The lowest BCUT2D eigenvalue weighted by molar-refractivity contribution is 0.0950. The number of anilines is 1. The van der Waals surface area contributed by atoms with Crippen molar-refractivity contribution in [3.63, 3.8) is 0 Å². The molecule has 2 aromatic carbocycles. The zero-order chi connectivity index (χ0) is 17.7. The summed E-state index contributed by atoms with van der Waals surface area (Å²) < 4.78 is 0.923. The lowest BCUT2D eigenvalue weighted by Crippen LogP contribution is -2.28. The Morgan fingerprint density at radius 2 is 1.75 bits per heavy atom. The SMILES string of the molecule is CC(C)CNC(=O)c1cc(I)ccc1NC(=O)c1ccc(Cl)cc1. The van der Waals surface area contributed by atoms with Crippen LogP contribution in [-0.4, -0.2) is 18.4 Å². The van der Waals surface area contributed by atoms with Gasteiger partial charge in [0.1, 0.15) is 0 Å². The van der Waals surface area contributed by atoms with E-state index in [4.69, 9.17) is 11.6 Å². The summed E-state index contributed by atoms with van der Waals surface area (Å²) in [5.41, 5.74) is 1.41. The molecule has 4 nitrogen and oxygen atoms in total. The van der Waals surface area contributed by atoms with Crippen molar-refractivity contribution in [2.75, 3.05) is 11.9 Å². The Bertz CT molecular complexity index is 745.